The molecule has 2 aromatic rings. The summed E-state index contributed by atoms with van der Waals surface area (Å²) in [6, 6.07) is 7.85. The molecule has 0 aliphatic heterocycles. The normalized spacial score (nSPS) is 14.2. The van der Waals surface area contributed by atoms with Crippen LogP contribution in [0.2, 0.25) is 0 Å². The molecule has 1 saturated carbocycles. The van der Waals surface area contributed by atoms with Gasteiger partial charge in [0.1, 0.15) is 6.07 Å². The lowest BCUT2D eigenvalue weighted by Crippen LogP contribution is -1.94. The number of hydrogen-bond donors (Lipinski definition) is 1. The van der Waals surface area contributed by atoms with Gasteiger partial charge in [-0.3, -0.25) is 0 Å². The van der Waals surface area contributed by atoms with Crippen molar-refractivity contribution in [2.75, 3.05) is 5.32 Å². The molecular formula is C13H10BrN3S. The Labute approximate surface area is 118 Å². The molecule has 0 radical (unpaired) electrons. The van der Waals surface area contributed by atoms with E-state index in [1.807, 2.05) is 18.2 Å². The van der Waals surface area contributed by atoms with Crippen LogP contribution in [0.3, 0.4) is 0 Å². The number of rotatable bonds is 3. The molecule has 0 amide bonds. The molecule has 1 aliphatic rings. The zero-order chi connectivity index (χ0) is 12.5. The van der Waals surface area contributed by atoms with Crippen molar-refractivity contribution in [2.45, 2.75) is 18.8 Å². The molecule has 0 atom stereocenters. The second-order valence-corrected chi connectivity index (χ2v) is 5.96. The second-order valence-electron chi connectivity index (χ2n) is 4.25. The summed E-state index contributed by atoms with van der Waals surface area (Å²) in [4.78, 5) is 4.56. The van der Waals surface area contributed by atoms with Crippen molar-refractivity contribution in [2.24, 2.45) is 0 Å². The van der Waals surface area contributed by atoms with E-state index in [1.54, 1.807) is 11.3 Å². The molecule has 1 N–H and O–H groups in total. The van der Waals surface area contributed by atoms with E-state index in [1.165, 1.54) is 18.5 Å². The Morgan fingerprint density at radius 1 is 1.44 bits per heavy atom. The molecule has 5 heteroatoms. The molecule has 0 unspecified atom stereocenters. The highest BCUT2D eigenvalue weighted by Gasteiger charge is 2.26. The third-order valence-corrected chi connectivity index (χ3v) is 4.32. The Bertz CT molecular complexity index is 625. The monoisotopic (exact) mass is 319 g/mol. The first kappa shape index (κ1) is 11.7. The van der Waals surface area contributed by atoms with Crippen molar-refractivity contribution in [1.29, 1.82) is 5.26 Å². The molecule has 0 spiro atoms. The summed E-state index contributed by atoms with van der Waals surface area (Å²) in [5, 5.41) is 15.3. The molecule has 90 valence electrons. The van der Waals surface area contributed by atoms with Gasteiger partial charge in [-0.2, -0.15) is 5.26 Å². The van der Waals surface area contributed by atoms with Gasteiger partial charge in [0, 0.05) is 15.8 Å². The number of benzene rings is 1. The van der Waals surface area contributed by atoms with E-state index in [4.69, 9.17) is 5.26 Å². The molecule has 3 nitrogen and oxygen atoms in total. The maximum absolute atomic E-state index is 9.14. The number of hydrogen-bond acceptors (Lipinski definition) is 4. The van der Waals surface area contributed by atoms with E-state index >= 15 is 0 Å². The summed E-state index contributed by atoms with van der Waals surface area (Å²) in [6.07, 6.45) is 2.51. The standard InChI is InChI=1S/C13H10BrN3S/c14-10-2-1-3-11(9(10)6-15)16-13-17-12(7-18-13)8-4-5-8/h1-3,7-8H,4-5H2,(H,16,17). The zero-order valence-electron chi connectivity index (χ0n) is 9.48. The molecule has 0 saturated heterocycles. The fourth-order valence-electron chi connectivity index (χ4n) is 1.77. The lowest BCUT2D eigenvalue weighted by molar-refractivity contribution is 1.05. The number of thiazole rings is 1. The third-order valence-electron chi connectivity index (χ3n) is 2.88. The molecule has 1 aliphatic carbocycles. The fourth-order valence-corrected chi connectivity index (χ4v) is 3.03. The van der Waals surface area contributed by atoms with Crippen LogP contribution in [0.1, 0.15) is 30.0 Å². The first-order chi connectivity index (χ1) is 8.78. The van der Waals surface area contributed by atoms with Gasteiger partial charge in [0.15, 0.2) is 5.13 Å². The lowest BCUT2D eigenvalue weighted by atomic mass is 10.2. The van der Waals surface area contributed by atoms with Crippen LogP contribution in [0.4, 0.5) is 10.8 Å². The summed E-state index contributed by atoms with van der Waals surface area (Å²) >= 11 is 4.97. The largest absolute Gasteiger partial charge is 0.330 e. The van der Waals surface area contributed by atoms with Crippen molar-refractivity contribution in [3.8, 4) is 6.07 Å². The number of aromatic nitrogens is 1. The summed E-state index contributed by atoms with van der Waals surface area (Å²) in [7, 11) is 0. The van der Waals surface area contributed by atoms with Crippen LogP contribution >= 0.6 is 27.3 Å². The van der Waals surface area contributed by atoms with E-state index in [9.17, 15) is 0 Å². The van der Waals surface area contributed by atoms with Crippen molar-refractivity contribution in [3.63, 3.8) is 0 Å². The molecule has 1 aromatic heterocycles. The summed E-state index contributed by atoms with van der Waals surface area (Å²) < 4.78 is 0.800. The predicted molar refractivity (Wildman–Crippen MR) is 76.2 cm³/mol. The quantitative estimate of drug-likeness (QED) is 0.912. The fraction of sp³-hybridized carbons (Fsp3) is 0.231. The van der Waals surface area contributed by atoms with E-state index in [-0.39, 0.29) is 0 Å². The molecule has 18 heavy (non-hydrogen) atoms. The highest BCUT2D eigenvalue weighted by atomic mass is 79.9. The highest BCUT2D eigenvalue weighted by molar-refractivity contribution is 9.10. The molecule has 1 fully saturated rings. The Hall–Kier alpha value is -1.38. The van der Waals surface area contributed by atoms with Gasteiger partial charge in [-0.15, -0.1) is 11.3 Å². The van der Waals surface area contributed by atoms with E-state index in [0.29, 0.717) is 11.5 Å². The molecule has 0 bridgehead atoms. The van der Waals surface area contributed by atoms with Crippen molar-refractivity contribution < 1.29 is 0 Å². The van der Waals surface area contributed by atoms with Crippen LogP contribution in [-0.2, 0) is 0 Å². The van der Waals surface area contributed by atoms with Crippen LogP contribution in [0.25, 0.3) is 0 Å². The van der Waals surface area contributed by atoms with E-state index in [2.05, 4.69) is 37.7 Å². The van der Waals surface area contributed by atoms with Crippen molar-refractivity contribution >= 4 is 38.1 Å². The van der Waals surface area contributed by atoms with Crippen molar-refractivity contribution in [3.05, 3.63) is 39.3 Å². The number of nitriles is 1. The van der Waals surface area contributed by atoms with Gasteiger partial charge in [0.05, 0.1) is 16.9 Å². The Kier molecular flexibility index (Phi) is 3.06. The maximum atomic E-state index is 9.14. The van der Waals surface area contributed by atoms with Crippen LogP contribution in [0, 0.1) is 11.3 Å². The Morgan fingerprint density at radius 3 is 3.00 bits per heavy atom. The lowest BCUT2D eigenvalue weighted by Gasteiger charge is -2.05. The van der Waals surface area contributed by atoms with Gasteiger partial charge in [-0.05, 0) is 40.9 Å². The molecular weight excluding hydrogens is 310 g/mol. The average molecular weight is 320 g/mol. The number of nitrogens with one attached hydrogen (secondary N) is 1. The summed E-state index contributed by atoms with van der Waals surface area (Å²) in [5.41, 5.74) is 2.58. The van der Waals surface area contributed by atoms with Crippen LogP contribution < -0.4 is 5.32 Å². The molecule has 3 rings (SSSR count). The third kappa shape index (κ3) is 2.26. The second kappa shape index (κ2) is 4.71. The van der Waals surface area contributed by atoms with Crippen LogP contribution in [0.15, 0.2) is 28.1 Å². The van der Waals surface area contributed by atoms with Gasteiger partial charge in [0.25, 0.3) is 0 Å². The van der Waals surface area contributed by atoms with Crippen molar-refractivity contribution in [1.82, 2.24) is 4.98 Å². The van der Waals surface area contributed by atoms with Crippen LogP contribution in [0.5, 0.6) is 0 Å². The minimum Gasteiger partial charge on any atom is -0.330 e. The highest BCUT2D eigenvalue weighted by Crippen LogP contribution is 2.41. The Morgan fingerprint density at radius 2 is 2.28 bits per heavy atom. The predicted octanol–water partition coefficient (Wildman–Crippen LogP) is 4.40. The van der Waals surface area contributed by atoms with Gasteiger partial charge >= 0.3 is 0 Å². The first-order valence-corrected chi connectivity index (χ1v) is 7.36. The van der Waals surface area contributed by atoms with E-state index < -0.39 is 0 Å². The number of anilines is 2. The minimum absolute atomic E-state index is 0.612. The number of halogens is 1. The minimum atomic E-state index is 0.612. The van der Waals surface area contributed by atoms with Gasteiger partial charge < -0.3 is 5.32 Å². The Balaban J connectivity index is 1.87. The average Bonchev–Trinajstić information content (AvgIpc) is 3.11. The molecule has 1 heterocycles. The summed E-state index contributed by atoms with van der Waals surface area (Å²) in [5.74, 6) is 0.662. The van der Waals surface area contributed by atoms with Gasteiger partial charge in [-0.1, -0.05) is 6.07 Å². The van der Waals surface area contributed by atoms with Gasteiger partial charge in [-0.25, -0.2) is 4.98 Å². The topological polar surface area (TPSA) is 48.7 Å². The maximum Gasteiger partial charge on any atom is 0.187 e. The smallest absolute Gasteiger partial charge is 0.187 e. The summed E-state index contributed by atoms with van der Waals surface area (Å²) in [6.45, 7) is 0. The van der Waals surface area contributed by atoms with Gasteiger partial charge in [0.2, 0.25) is 0 Å². The SMILES string of the molecule is N#Cc1c(Br)cccc1Nc1nc(C2CC2)cs1. The molecule has 1 aromatic carbocycles. The van der Waals surface area contributed by atoms with E-state index in [0.717, 1.165) is 15.3 Å². The zero-order valence-corrected chi connectivity index (χ0v) is 11.9. The number of nitrogens with zero attached hydrogens (tertiary/aromatic N) is 2. The van der Waals surface area contributed by atoms with Crippen LogP contribution in [-0.4, -0.2) is 4.98 Å². The first-order valence-electron chi connectivity index (χ1n) is 5.69.